The third-order valence-corrected chi connectivity index (χ3v) is 6.79. The van der Waals surface area contributed by atoms with Gasteiger partial charge < -0.3 is 10.2 Å². The maximum Gasteiger partial charge on any atom is 0.314 e. The minimum atomic E-state index is -1.99. The molecule has 0 aromatic heterocycles. The molecule has 0 aliphatic heterocycles. The van der Waals surface area contributed by atoms with E-state index in [2.05, 4.69) is 19.6 Å². The number of hydrogen-bond donors (Lipinski definition) is 1. The SMILES string of the molecule is C[Si](C)(C)OC(=O)C(N)(c1ccccc1)[Si](C)(C)C. The van der Waals surface area contributed by atoms with Crippen LogP contribution in [0.5, 0.6) is 0 Å². The van der Waals surface area contributed by atoms with Crippen molar-refractivity contribution in [3.8, 4) is 0 Å². The molecule has 0 aliphatic rings. The van der Waals surface area contributed by atoms with Crippen LogP contribution in [-0.4, -0.2) is 22.4 Å². The smallest absolute Gasteiger partial charge is 0.314 e. The Morgan fingerprint density at radius 1 is 1.05 bits per heavy atom. The monoisotopic (exact) mass is 295 g/mol. The van der Waals surface area contributed by atoms with Crippen LogP contribution in [0.2, 0.25) is 39.3 Å². The predicted octanol–water partition coefficient (Wildman–Crippen LogP) is 3.10. The van der Waals surface area contributed by atoms with Crippen LogP contribution < -0.4 is 5.73 Å². The van der Waals surface area contributed by atoms with E-state index in [-0.39, 0.29) is 5.97 Å². The van der Waals surface area contributed by atoms with Crippen molar-refractivity contribution >= 4 is 22.4 Å². The largest absolute Gasteiger partial charge is 0.519 e. The van der Waals surface area contributed by atoms with Crippen LogP contribution in [0, 0.1) is 0 Å². The van der Waals surface area contributed by atoms with Gasteiger partial charge in [-0.15, -0.1) is 0 Å². The van der Waals surface area contributed by atoms with Crippen molar-refractivity contribution < 1.29 is 9.22 Å². The number of carbonyl (C=O) groups excluding carboxylic acids is 1. The van der Waals surface area contributed by atoms with E-state index in [4.69, 9.17) is 10.2 Å². The zero-order chi connectivity index (χ0) is 14.9. The van der Waals surface area contributed by atoms with Crippen LogP contribution >= 0.6 is 0 Å². The van der Waals surface area contributed by atoms with Crippen LogP contribution in [-0.2, 0) is 14.4 Å². The molecule has 0 spiro atoms. The van der Waals surface area contributed by atoms with Gasteiger partial charge in [0.25, 0.3) is 0 Å². The highest BCUT2D eigenvalue weighted by Gasteiger charge is 2.50. The molecule has 0 amide bonds. The Hall–Kier alpha value is -0.916. The lowest BCUT2D eigenvalue weighted by Gasteiger charge is -2.40. The number of carbonyl (C=O) groups is 1. The number of hydrogen-bond acceptors (Lipinski definition) is 3. The van der Waals surface area contributed by atoms with Gasteiger partial charge in [0.1, 0.15) is 5.16 Å². The predicted molar refractivity (Wildman–Crippen MR) is 85.1 cm³/mol. The fourth-order valence-electron chi connectivity index (χ4n) is 1.92. The zero-order valence-corrected chi connectivity index (χ0v) is 14.8. The Labute approximate surface area is 118 Å². The average molecular weight is 296 g/mol. The highest BCUT2D eigenvalue weighted by Crippen LogP contribution is 2.31. The molecule has 1 atom stereocenters. The third-order valence-electron chi connectivity index (χ3n) is 3.13. The summed E-state index contributed by atoms with van der Waals surface area (Å²) >= 11 is 0. The number of benzene rings is 1. The Kier molecular flexibility index (Phi) is 4.44. The van der Waals surface area contributed by atoms with E-state index in [0.29, 0.717) is 0 Å². The molecule has 0 radical (unpaired) electrons. The van der Waals surface area contributed by atoms with Crippen LogP contribution in [0.4, 0.5) is 0 Å². The number of rotatable bonds is 4. The van der Waals surface area contributed by atoms with Crippen molar-refractivity contribution in [3.63, 3.8) is 0 Å². The highest BCUT2D eigenvalue weighted by molar-refractivity contribution is 6.82. The summed E-state index contributed by atoms with van der Waals surface area (Å²) in [6, 6.07) is 9.60. The summed E-state index contributed by atoms with van der Waals surface area (Å²) in [7, 11) is -3.94. The molecule has 1 unspecified atom stereocenters. The molecule has 0 aliphatic carbocycles. The van der Waals surface area contributed by atoms with Crippen molar-refractivity contribution in [2.75, 3.05) is 0 Å². The molecule has 0 saturated heterocycles. The van der Waals surface area contributed by atoms with E-state index in [1.54, 1.807) is 0 Å². The van der Waals surface area contributed by atoms with Gasteiger partial charge in [0.15, 0.2) is 0 Å². The van der Waals surface area contributed by atoms with Crippen LogP contribution in [0.1, 0.15) is 5.56 Å². The lowest BCUT2D eigenvalue weighted by molar-refractivity contribution is -0.138. The molecule has 1 aromatic carbocycles. The van der Waals surface area contributed by atoms with Crippen molar-refractivity contribution in [2.24, 2.45) is 5.73 Å². The lowest BCUT2D eigenvalue weighted by Crippen LogP contribution is -2.63. The van der Waals surface area contributed by atoms with E-state index in [1.807, 2.05) is 50.0 Å². The first-order valence-corrected chi connectivity index (χ1v) is 13.5. The summed E-state index contributed by atoms with van der Waals surface area (Å²) in [6.45, 7) is 12.3. The fourth-order valence-corrected chi connectivity index (χ4v) is 4.43. The van der Waals surface area contributed by atoms with Crippen molar-refractivity contribution in [1.29, 1.82) is 0 Å². The molecule has 2 N–H and O–H groups in total. The first-order chi connectivity index (χ1) is 8.48. The summed E-state index contributed by atoms with van der Waals surface area (Å²) in [5.41, 5.74) is 7.42. The molecular formula is C14H25NO2Si2. The lowest BCUT2D eigenvalue weighted by atomic mass is 10.1. The van der Waals surface area contributed by atoms with Crippen LogP contribution in [0.15, 0.2) is 30.3 Å². The van der Waals surface area contributed by atoms with E-state index in [1.165, 1.54) is 0 Å². The molecule has 1 rings (SSSR count). The van der Waals surface area contributed by atoms with E-state index in [0.717, 1.165) is 5.56 Å². The fraction of sp³-hybridized carbons (Fsp3) is 0.500. The first-order valence-electron chi connectivity index (χ1n) is 6.56. The molecule has 0 fully saturated rings. The molecule has 1 aromatic rings. The van der Waals surface area contributed by atoms with Gasteiger partial charge in [-0.25, -0.2) is 0 Å². The van der Waals surface area contributed by atoms with Gasteiger partial charge in [0.05, 0.1) is 8.07 Å². The Morgan fingerprint density at radius 3 is 1.89 bits per heavy atom. The average Bonchev–Trinajstić information content (AvgIpc) is 2.25. The Balaban J connectivity index is 3.27. The third kappa shape index (κ3) is 3.55. The molecule has 5 heteroatoms. The van der Waals surface area contributed by atoms with E-state index in [9.17, 15) is 4.79 Å². The van der Waals surface area contributed by atoms with Gasteiger partial charge >= 0.3 is 5.97 Å². The minimum Gasteiger partial charge on any atom is -0.519 e. The van der Waals surface area contributed by atoms with E-state index >= 15 is 0 Å². The summed E-state index contributed by atoms with van der Waals surface area (Å²) in [6.07, 6.45) is 0. The van der Waals surface area contributed by atoms with Gasteiger partial charge in [-0.2, -0.15) is 0 Å². The Morgan fingerprint density at radius 2 is 1.53 bits per heavy atom. The summed E-state index contributed by atoms with van der Waals surface area (Å²) < 4.78 is 5.69. The van der Waals surface area contributed by atoms with Crippen molar-refractivity contribution in [3.05, 3.63) is 35.9 Å². The molecule has 0 bridgehead atoms. The Bertz CT molecular complexity index is 449. The summed E-state index contributed by atoms with van der Waals surface area (Å²) in [4.78, 5) is 12.6. The standard InChI is InChI=1S/C14H25NO2Si2/c1-18(2,3)14(15,12-10-8-7-9-11-12)13(16)17-19(4,5)6/h7-11H,15H2,1-6H3. The van der Waals surface area contributed by atoms with Crippen molar-refractivity contribution in [2.45, 2.75) is 44.4 Å². The van der Waals surface area contributed by atoms with Crippen molar-refractivity contribution in [1.82, 2.24) is 0 Å². The molecule has 0 heterocycles. The molecule has 3 nitrogen and oxygen atoms in total. The maximum absolute atomic E-state index is 12.6. The summed E-state index contributed by atoms with van der Waals surface area (Å²) in [5, 5.41) is -0.992. The second-order valence-corrected chi connectivity index (χ2v) is 16.6. The second-order valence-electron chi connectivity index (χ2n) is 6.93. The normalized spacial score (nSPS) is 15.7. The van der Waals surface area contributed by atoms with Gasteiger partial charge in [-0.1, -0.05) is 50.0 Å². The molecular weight excluding hydrogens is 270 g/mol. The zero-order valence-electron chi connectivity index (χ0n) is 12.8. The van der Waals surface area contributed by atoms with Crippen LogP contribution in [0.3, 0.4) is 0 Å². The minimum absolute atomic E-state index is 0.267. The topological polar surface area (TPSA) is 52.3 Å². The quantitative estimate of drug-likeness (QED) is 0.868. The molecule has 106 valence electrons. The molecule has 19 heavy (non-hydrogen) atoms. The maximum atomic E-state index is 12.6. The number of nitrogens with two attached hydrogens (primary N) is 1. The second kappa shape index (κ2) is 5.22. The van der Waals surface area contributed by atoms with Gasteiger partial charge in [0.2, 0.25) is 8.32 Å². The van der Waals surface area contributed by atoms with Crippen LogP contribution in [0.25, 0.3) is 0 Å². The first kappa shape index (κ1) is 16.1. The van der Waals surface area contributed by atoms with Gasteiger partial charge in [0, 0.05) is 0 Å². The molecule has 0 saturated carbocycles. The highest BCUT2D eigenvalue weighted by atomic mass is 28.4. The van der Waals surface area contributed by atoms with Gasteiger partial charge in [-0.05, 0) is 25.2 Å². The van der Waals surface area contributed by atoms with Gasteiger partial charge in [-0.3, -0.25) is 4.79 Å². The summed E-state index contributed by atoms with van der Waals surface area (Å²) in [5.74, 6) is -0.267. The van der Waals surface area contributed by atoms with E-state index < -0.39 is 21.6 Å².